The topological polar surface area (TPSA) is 174 Å². The highest BCUT2D eigenvalue weighted by Gasteiger charge is 2.32. The molecular formula is C54H60N5O9P. The number of carbonyl (C=O) groups is 4. The number of nitrogens with zero attached hydrogens (tertiary/aromatic N) is 2. The van der Waals surface area contributed by atoms with Crippen LogP contribution in [0.1, 0.15) is 89.1 Å². The number of rotatable bonds is 28. The Morgan fingerprint density at radius 2 is 1.23 bits per heavy atom. The van der Waals surface area contributed by atoms with Gasteiger partial charge in [-0.1, -0.05) is 167 Å². The number of hydrogen-bond donors (Lipinski definition) is 3. The molecule has 0 aliphatic carbocycles. The first kappa shape index (κ1) is 51.4. The molecule has 6 rings (SSSR count). The average molecular weight is 954 g/mol. The highest BCUT2D eigenvalue weighted by atomic mass is 31.2. The van der Waals surface area contributed by atoms with Crippen LogP contribution in [0.2, 0.25) is 0 Å². The summed E-state index contributed by atoms with van der Waals surface area (Å²) < 4.78 is 32.2. The molecule has 0 aliphatic heterocycles. The van der Waals surface area contributed by atoms with Crippen LogP contribution in [0.3, 0.4) is 0 Å². The van der Waals surface area contributed by atoms with Gasteiger partial charge < -0.3 is 29.7 Å². The van der Waals surface area contributed by atoms with Crippen LogP contribution in [0.5, 0.6) is 5.75 Å². The van der Waals surface area contributed by atoms with Gasteiger partial charge in [-0.2, -0.15) is 0 Å². The smallest absolute Gasteiger partial charge is 0.350 e. The lowest BCUT2D eigenvalue weighted by molar-refractivity contribution is -0.200. The van der Waals surface area contributed by atoms with Gasteiger partial charge in [0, 0.05) is 5.56 Å². The second-order valence-corrected chi connectivity index (χ2v) is 18.3. The van der Waals surface area contributed by atoms with Crippen LogP contribution in [0.25, 0.3) is 11.3 Å². The third-order valence-corrected chi connectivity index (χ3v) is 12.8. The predicted octanol–water partition coefficient (Wildman–Crippen LogP) is 10.0. The maximum atomic E-state index is 14.2. The lowest BCUT2D eigenvalue weighted by atomic mass is 9.90. The number of amides is 4. The van der Waals surface area contributed by atoms with Crippen molar-refractivity contribution in [1.82, 2.24) is 26.0 Å². The molecule has 69 heavy (non-hydrogen) atoms. The summed E-state index contributed by atoms with van der Waals surface area (Å²) in [4.78, 5) is 64.0. The van der Waals surface area contributed by atoms with E-state index in [2.05, 4.69) is 27.9 Å². The van der Waals surface area contributed by atoms with Crippen LogP contribution < -0.4 is 20.7 Å². The number of pyridine rings is 1. The van der Waals surface area contributed by atoms with E-state index in [0.29, 0.717) is 30.5 Å². The highest BCUT2D eigenvalue weighted by molar-refractivity contribution is 7.53. The summed E-state index contributed by atoms with van der Waals surface area (Å²) in [7, 11) is -3.89. The van der Waals surface area contributed by atoms with Crippen molar-refractivity contribution in [3.63, 3.8) is 0 Å². The molecule has 0 radical (unpaired) electrons. The molecule has 0 aliphatic rings. The van der Waals surface area contributed by atoms with Crippen molar-refractivity contribution in [1.29, 1.82) is 0 Å². The van der Waals surface area contributed by atoms with Crippen molar-refractivity contribution in [3.8, 4) is 17.0 Å². The Morgan fingerprint density at radius 1 is 0.652 bits per heavy atom. The zero-order valence-electron chi connectivity index (χ0n) is 39.0. The van der Waals surface area contributed by atoms with Gasteiger partial charge in [0.25, 0.3) is 11.8 Å². The van der Waals surface area contributed by atoms with Gasteiger partial charge in [0.05, 0.1) is 43.1 Å². The third-order valence-electron chi connectivity index (χ3n) is 11.2. The van der Waals surface area contributed by atoms with Gasteiger partial charge in [-0.05, 0) is 59.4 Å². The van der Waals surface area contributed by atoms with E-state index in [4.69, 9.17) is 18.6 Å². The Bertz CT molecular complexity index is 2540. The fourth-order valence-electron chi connectivity index (χ4n) is 7.45. The molecule has 0 fully saturated rings. The van der Waals surface area contributed by atoms with E-state index in [1.807, 2.05) is 128 Å². The molecule has 1 heterocycles. The summed E-state index contributed by atoms with van der Waals surface area (Å²) in [5.41, 5.74) is 4.55. The number of carbonyl (C=O) groups excluding carboxylic acids is 4. The Labute approximate surface area is 404 Å². The Kier molecular flexibility index (Phi) is 20.2. The second kappa shape index (κ2) is 27.1. The summed E-state index contributed by atoms with van der Waals surface area (Å²) in [6.07, 6.45) is 3.86. The minimum atomic E-state index is -3.89. The van der Waals surface area contributed by atoms with Gasteiger partial charge in [0.1, 0.15) is 30.9 Å². The SMILES string of the molecule is CCCCC[C@@H](C(=O)NCNC(=O)c1cccc(-c2ccc(C(=O)NCP(=O)(OCc3ccccc3)OCc3ccccc3)c(OCc3ccccc3)c2)n1)[C@@H](CC)N(C=O)OCc1ccccc1. The first-order valence-electron chi connectivity index (χ1n) is 23.2. The van der Waals surface area contributed by atoms with Crippen molar-refractivity contribution < 1.29 is 42.4 Å². The molecule has 5 aromatic carbocycles. The number of hydrogen-bond acceptors (Lipinski definition) is 10. The van der Waals surface area contributed by atoms with Gasteiger partial charge in [0.2, 0.25) is 12.3 Å². The molecule has 360 valence electrons. The minimum absolute atomic E-state index is 0.00763. The van der Waals surface area contributed by atoms with Gasteiger partial charge >= 0.3 is 7.60 Å². The first-order chi connectivity index (χ1) is 33.7. The molecule has 2 atom stereocenters. The number of hydroxylamine groups is 2. The average Bonchev–Trinajstić information content (AvgIpc) is 3.40. The first-order valence-corrected chi connectivity index (χ1v) is 24.9. The van der Waals surface area contributed by atoms with Gasteiger partial charge in [-0.15, -0.1) is 0 Å². The lowest BCUT2D eigenvalue weighted by Crippen LogP contribution is -2.48. The summed E-state index contributed by atoms with van der Waals surface area (Å²) in [5, 5.41) is 9.58. The van der Waals surface area contributed by atoms with E-state index in [9.17, 15) is 23.7 Å². The van der Waals surface area contributed by atoms with E-state index in [0.717, 1.165) is 41.5 Å². The van der Waals surface area contributed by atoms with E-state index < -0.39 is 37.7 Å². The molecule has 0 saturated heterocycles. The van der Waals surface area contributed by atoms with Crippen molar-refractivity contribution >= 4 is 31.7 Å². The number of aromatic nitrogens is 1. The van der Waals surface area contributed by atoms with Crippen LogP contribution in [-0.4, -0.2) is 53.2 Å². The molecule has 4 amide bonds. The monoisotopic (exact) mass is 953 g/mol. The largest absolute Gasteiger partial charge is 0.488 e. The van der Waals surface area contributed by atoms with Crippen LogP contribution in [0.4, 0.5) is 0 Å². The maximum Gasteiger partial charge on any atom is 0.350 e. The maximum absolute atomic E-state index is 14.2. The van der Waals surface area contributed by atoms with Crippen molar-refractivity contribution in [2.75, 3.05) is 13.0 Å². The molecule has 3 N–H and O–H groups in total. The summed E-state index contributed by atoms with van der Waals surface area (Å²) in [6, 6.07) is 46.8. The molecule has 0 spiro atoms. The third kappa shape index (κ3) is 16.1. The standard InChI is InChI=1S/C54H60N5O9P/c1-3-5-10-28-46(50(4-2)59(40-60)66-35-42-22-13-7-14-23-42)52(61)55-38-56-54(63)49-30-19-29-48(58-49)45-31-32-47(51(33-45)65-34-41-20-11-6-12-21-41)53(62)57-39-69(64,67-36-43-24-15-8-16-25-43)68-37-44-26-17-9-18-27-44/h6-9,11-27,29-33,40,46,50H,3-5,10,28,34-39H2,1-2H3,(H,55,61)(H,56,63)(H,57,62)/t46-,50-/m1/s1. The number of benzene rings is 5. The van der Waals surface area contributed by atoms with Crippen molar-refractivity contribution in [2.24, 2.45) is 5.92 Å². The number of nitrogens with one attached hydrogen (secondary N) is 3. The number of ether oxygens (including phenoxy) is 1. The van der Waals surface area contributed by atoms with Crippen molar-refractivity contribution in [3.05, 3.63) is 191 Å². The molecule has 1 aromatic heterocycles. The van der Waals surface area contributed by atoms with Crippen molar-refractivity contribution in [2.45, 2.75) is 78.4 Å². The van der Waals surface area contributed by atoms with Gasteiger partial charge in [-0.25, -0.2) is 10.0 Å². The Hall–Kier alpha value is -6.96. The molecule has 6 aromatic rings. The highest BCUT2D eigenvalue weighted by Crippen LogP contribution is 2.49. The second-order valence-electron chi connectivity index (χ2n) is 16.2. The van der Waals surface area contributed by atoms with E-state index in [-0.39, 0.29) is 56.0 Å². The van der Waals surface area contributed by atoms with Crippen LogP contribution in [0.15, 0.2) is 158 Å². The zero-order valence-corrected chi connectivity index (χ0v) is 39.9. The van der Waals surface area contributed by atoms with Crippen LogP contribution >= 0.6 is 7.60 Å². The molecule has 0 unspecified atom stereocenters. The molecule has 15 heteroatoms. The minimum Gasteiger partial charge on any atom is -0.488 e. The lowest BCUT2D eigenvalue weighted by Gasteiger charge is -2.32. The molecule has 0 saturated carbocycles. The predicted molar refractivity (Wildman–Crippen MR) is 264 cm³/mol. The fraction of sp³-hybridized carbons (Fsp3) is 0.278. The molecule has 14 nitrogen and oxygen atoms in total. The Balaban J connectivity index is 1.14. The zero-order chi connectivity index (χ0) is 48.7. The number of unbranched alkanes of at least 4 members (excludes halogenated alkanes) is 2. The van der Waals surface area contributed by atoms with Crippen LogP contribution in [-0.2, 0) is 54.5 Å². The van der Waals surface area contributed by atoms with Gasteiger partial charge in [-0.3, -0.25) is 28.6 Å². The quantitative estimate of drug-likeness (QED) is 0.0141. The summed E-state index contributed by atoms with van der Waals surface area (Å²) >= 11 is 0. The van der Waals surface area contributed by atoms with Crippen LogP contribution in [0, 0.1) is 5.92 Å². The Morgan fingerprint density at radius 3 is 1.80 bits per heavy atom. The normalized spacial score (nSPS) is 12.0. The van der Waals surface area contributed by atoms with E-state index >= 15 is 0 Å². The fourth-order valence-corrected chi connectivity index (χ4v) is 8.73. The molecular weight excluding hydrogens is 894 g/mol. The molecule has 0 bridgehead atoms. The van der Waals surface area contributed by atoms with E-state index in [1.54, 1.807) is 36.4 Å². The van der Waals surface area contributed by atoms with E-state index in [1.165, 1.54) is 5.06 Å². The van der Waals surface area contributed by atoms with Gasteiger partial charge in [0.15, 0.2) is 0 Å². The summed E-state index contributed by atoms with van der Waals surface area (Å²) in [5.74, 6) is -1.79. The summed E-state index contributed by atoms with van der Waals surface area (Å²) in [6.45, 7) is 4.12.